The zero-order valence-corrected chi connectivity index (χ0v) is 11.1. The summed E-state index contributed by atoms with van der Waals surface area (Å²) in [6, 6.07) is 2.25. The van der Waals surface area contributed by atoms with Gasteiger partial charge in [0.05, 0.1) is 6.04 Å². The molecule has 2 fully saturated rings. The molecule has 0 bridgehead atoms. The molecule has 1 saturated heterocycles. The lowest BCUT2D eigenvalue weighted by molar-refractivity contribution is -0.118. The number of hydrogen-bond donors (Lipinski definition) is 3. The summed E-state index contributed by atoms with van der Waals surface area (Å²) in [5.74, 6) is 0.594. The van der Waals surface area contributed by atoms with Crippen LogP contribution in [0, 0.1) is 0 Å². The molecule has 1 saturated carbocycles. The minimum absolute atomic E-state index is 0.0306. The Morgan fingerprint density at radius 2 is 2.47 bits per heavy atom. The molecular formula is C13H21N5O. The Morgan fingerprint density at radius 1 is 1.63 bits per heavy atom. The maximum absolute atomic E-state index is 11.9. The third-order valence-corrected chi connectivity index (χ3v) is 4.15. The maximum atomic E-state index is 11.9. The van der Waals surface area contributed by atoms with Crippen molar-refractivity contribution >= 4 is 11.7 Å². The minimum Gasteiger partial charge on any atom is -0.325 e. The van der Waals surface area contributed by atoms with Crippen LogP contribution in [0.3, 0.4) is 0 Å². The van der Waals surface area contributed by atoms with E-state index in [4.69, 9.17) is 5.73 Å². The zero-order valence-electron chi connectivity index (χ0n) is 11.1. The summed E-state index contributed by atoms with van der Waals surface area (Å²) in [4.78, 5) is 11.9. The highest BCUT2D eigenvalue weighted by Gasteiger charge is 2.34. The van der Waals surface area contributed by atoms with Gasteiger partial charge in [0.2, 0.25) is 5.91 Å². The van der Waals surface area contributed by atoms with Crippen molar-refractivity contribution in [3.63, 3.8) is 0 Å². The van der Waals surface area contributed by atoms with Crippen LogP contribution in [-0.4, -0.2) is 34.3 Å². The monoisotopic (exact) mass is 263 g/mol. The Morgan fingerprint density at radius 3 is 3.11 bits per heavy atom. The van der Waals surface area contributed by atoms with Gasteiger partial charge < -0.3 is 16.4 Å². The summed E-state index contributed by atoms with van der Waals surface area (Å²) in [5, 5.41) is 10.6. The lowest BCUT2D eigenvalue weighted by Gasteiger charge is -2.37. The van der Waals surface area contributed by atoms with Crippen LogP contribution in [0.4, 0.5) is 5.82 Å². The number of nitrogens with one attached hydrogen (secondary N) is 2. The van der Waals surface area contributed by atoms with Gasteiger partial charge in [-0.1, -0.05) is 0 Å². The van der Waals surface area contributed by atoms with Crippen molar-refractivity contribution in [2.45, 2.75) is 43.7 Å². The molecule has 6 heteroatoms. The van der Waals surface area contributed by atoms with Crippen molar-refractivity contribution in [2.24, 2.45) is 5.73 Å². The van der Waals surface area contributed by atoms with Crippen molar-refractivity contribution in [3.05, 3.63) is 12.3 Å². The number of anilines is 1. The molecule has 1 aromatic heterocycles. The zero-order chi connectivity index (χ0) is 13.3. The number of hydrogen-bond acceptors (Lipinski definition) is 4. The molecule has 6 nitrogen and oxygen atoms in total. The fraction of sp³-hybridized carbons (Fsp3) is 0.692. The highest BCUT2D eigenvalue weighted by atomic mass is 16.1. The molecule has 0 aromatic carbocycles. The van der Waals surface area contributed by atoms with E-state index in [1.165, 1.54) is 0 Å². The Kier molecular flexibility index (Phi) is 3.28. The fourth-order valence-corrected chi connectivity index (χ4v) is 2.79. The van der Waals surface area contributed by atoms with Gasteiger partial charge in [0.1, 0.15) is 0 Å². The lowest BCUT2D eigenvalue weighted by atomic mass is 9.75. The number of aromatic nitrogens is 2. The predicted octanol–water partition coefficient (Wildman–Crippen LogP) is 0.627. The summed E-state index contributed by atoms with van der Waals surface area (Å²) < 4.78 is 1.93. The molecule has 1 aliphatic carbocycles. The lowest BCUT2D eigenvalue weighted by Crippen LogP contribution is -2.48. The second kappa shape index (κ2) is 4.94. The van der Waals surface area contributed by atoms with E-state index < -0.39 is 0 Å². The molecule has 1 aromatic rings. The van der Waals surface area contributed by atoms with Gasteiger partial charge in [0.15, 0.2) is 5.82 Å². The Hall–Kier alpha value is -1.40. The van der Waals surface area contributed by atoms with E-state index in [9.17, 15) is 4.79 Å². The van der Waals surface area contributed by atoms with Crippen LogP contribution in [-0.2, 0) is 4.79 Å². The summed E-state index contributed by atoms with van der Waals surface area (Å²) >= 11 is 0. The molecule has 19 heavy (non-hydrogen) atoms. The summed E-state index contributed by atoms with van der Waals surface area (Å²) in [5.41, 5.74) is 5.79. The number of rotatable bonds is 4. The summed E-state index contributed by atoms with van der Waals surface area (Å²) in [7, 11) is 0. The molecule has 1 unspecified atom stereocenters. The third-order valence-electron chi connectivity index (χ3n) is 4.15. The van der Waals surface area contributed by atoms with Crippen LogP contribution < -0.4 is 16.4 Å². The Bertz CT molecular complexity index is 459. The molecule has 2 aliphatic rings. The van der Waals surface area contributed by atoms with Crippen molar-refractivity contribution in [1.29, 1.82) is 0 Å². The van der Waals surface area contributed by atoms with Crippen LogP contribution in [0.2, 0.25) is 0 Å². The number of carbonyl (C=O) groups excluding carboxylic acids is 1. The van der Waals surface area contributed by atoms with Gasteiger partial charge in [-0.15, -0.1) is 0 Å². The SMILES string of the molecule is NC1(CC(=O)Nc2ccn(C3CCNC3)n2)CCC1. The summed E-state index contributed by atoms with van der Waals surface area (Å²) in [6.45, 7) is 1.98. The van der Waals surface area contributed by atoms with Crippen LogP contribution >= 0.6 is 0 Å². The molecule has 1 aliphatic heterocycles. The van der Waals surface area contributed by atoms with E-state index in [1.54, 1.807) is 0 Å². The largest absolute Gasteiger partial charge is 0.325 e. The molecule has 0 radical (unpaired) electrons. The van der Waals surface area contributed by atoms with Crippen LogP contribution in [0.15, 0.2) is 12.3 Å². The smallest absolute Gasteiger partial charge is 0.227 e. The molecule has 2 heterocycles. The number of nitrogens with two attached hydrogens (primary N) is 1. The summed E-state index contributed by atoms with van der Waals surface area (Å²) in [6.07, 6.45) is 6.43. The molecule has 1 atom stereocenters. The molecule has 0 spiro atoms. The molecule has 104 valence electrons. The maximum Gasteiger partial charge on any atom is 0.227 e. The van der Waals surface area contributed by atoms with Crippen molar-refractivity contribution in [2.75, 3.05) is 18.4 Å². The fourth-order valence-electron chi connectivity index (χ4n) is 2.79. The highest BCUT2D eigenvalue weighted by molar-refractivity contribution is 5.90. The van der Waals surface area contributed by atoms with E-state index >= 15 is 0 Å². The van der Waals surface area contributed by atoms with Gasteiger partial charge >= 0.3 is 0 Å². The van der Waals surface area contributed by atoms with Crippen molar-refractivity contribution < 1.29 is 4.79 Å². The van der Waals surface area contributed by atoms with Crippen molar-refractivity contribution in [1.82, 2.24) is 15.1 Å². The van der Waals surface area contributed by atoms with Crippen LogP contribution in [0.5, 0.6) is 0 Å². The molecule has 4 N–H and O–H groups in total. The third kappa shape index (κ3) is 2.79. The van der Waals surface area contributed by atoms with E-state index in [-0.39, 0.29) is 11.4 Å². The van der Waals surface area contributed by atoms with Gasteiger partial charge in [0.25, 0.3) is 0 Å². The van der Waals surface area contributed by atoms with Gasteiger partial charge in [-0.05, 0) is 32.2 Å². The van der Waals surface area contributed by atoms with Gasteiger partial charge in [-0.2, -0.15) is 5.10 Å². The second-order valence-electron chi connectivity index (χ2n) is 5.77. The van der Waals surface area contributed by atoms with E-state index in [0.717, 1.165) is 38.8 Å². The Balaban J connectivity index is 1.55. The van der Waals surface area contributed by atoms with Crippen molar-refractivity contribution in [3.8, 4) is 0 Å². The van der Waals surface area contributed by atoms with Crippen LogP contribution in [0.25, 0.3) is 0 Å². The topological polar surface area (TPSA) is 85.0 Å². The molecular weight excluding hydrogens is 242 g/mol. The van der Waals surface area contributed by atoms with E-state index in [2.05, 4.69) is 15.7 Å². The quantitative estimate of drug-likeness (QED) is 0.743. The molecule has 3 rings (SSSR count). The standard InChI is InChI=1S/C13H21N5O/c14-13(4-1-5-13)8-12(19)16-11-3-7-18(17-11)10-2-6-15-9-10/h3,7,10,15H,1-2,4-6,8-9,14H2,(H,16,17,19). The molecule has 1 amide bonds. The van der Waals surface area contributed by atoms with Gasteiger partial charge in [-0.25, -0.2) is 0 Å². The number of carbonyl (C=O) groups is 1. The first-order valence-corrected chi connectivity index (χ1v) is 6.99. The van der Waals surface area contributed by atoms with Crippen LogP contribution in [0.1, 0.15) is 38.1 Å². The predicted molar refractivity (Wildman–Crippen MR) is 72.8 cm³/mol. The second-order valence-corrected chi connectivity index (χ2v) is 5.77. The van der Waals surface area contributed by atoms with Gasteiger partial charge in [-0.3, -0.25) is 9.48 Å². The first-order valence-electron chi connectivity index (χ1n) is 6.99. The normalized spacial score (nSPS) is 25.0. The van der Waals surface area contributed by atoms with E-state index in [0.29, 0.717) is 18.3 Å². The Labute approximate surface area is 112 Å². The van der Waals surface area contributed by atoms with Gasteiger partial charge in [0, 0.05) is 30.8 Å². The number of amides is 1. The average Bonchev–Trinajstić information content (AvgIpc) is 2.96. The minimum atomic E-state index is -0.276. The average molecular weight is 263 g/mol. The highest BCUT2D eigenvalue weighted by Crippen LogP contribution is 2.32. The van der Waals surface area contributed by atoms with E-state index in [1.807, 2.05) is 16.9 Å². The first-order chi connectivity index (χ1) is 9.15. The number of nitrogens with zero attached hydrogens (tertiary/aromatic N) is 2. The first kappa shape index (κ1) is 12.6.